The molecule has 4 heteroatoms. The number of hydrogen-bond acceptors (Lipinski definition) is 2. The van der Waals surface area contributed by atoms with Crippen LogP contribution in [0.1, 0.15) is 25.3 Å². The van der Waals surface area contributed by atoms with E-state index in [0.717, 1.165) is 36.1 Å². The first-order valence-electron chi connectivity index (χ1n) is 6.36. The van der Waals surface area contributed by atoms with Gasteiger partial charge in [0.2, 0.25) is 0 Å². The van der Waals surface area contributed by atoms with Crippen molar-refractivity contribution in [3.63, 3.8) is 0 Å². The van der Waals surface area contributed by atoms with Crippen molar-refractivity contribution in [2.75, 3.05) is 20.3 Å². The molecule has 0 radical (unpaired) electrons. The van der Waals surface area contributed by atoms with E-state index in [-0.39, 0.29) is 11.9 Å². The molecular weight excluding hydrogens is 297 g/mol. The van der Waals surface area contributed by atoms with Crippen LogP contribution in [0.5, 0.6) is 0 Å². The number of halogens is 2. The average molecular weight is 318 g/mol. The number of rotatable bonds is 8. The van der Waals surface area contributed by atoms with Gasteiger partial charge in [0, 0.05) is 23.7 Å². The van der Waals surface area contributed by atoms with Gasteiger partial charge >= 0.3 is 0 Å². The molecule has 1 atom stereocenters. The van der Waals surface area contributed by atoms with Crippen molar-refractivity contribution in [1.82, 2.24) is 5.32 Å². The molecule has 0 heterocycles. The molecule has 0 fully saturated rings. The van der Waals surface area contributed by atoms with Crippen LogP contribution in [-0.2, 0) is 11.2 Å². The van der Waals surface area contributed by atoms with Crippen molar-refractivity contribution in [3.8, 4) is 0 Å². The van der Waals surface area contributed by atoms with Crippen molar-refractivity contribution < 1.29 is 9.13 Å². The largest absolute Gasteiger partial charge is 0.382 e. The zero-order valence-corrected chi connectivity index (χ0v) is 12.6. The minimum absolute atomic E-state index is 0.136. The molecule has 0 aliphatic rings. The summed E-state index contributed by atoms with van der Waals surface area (Å²) in [5.41, 5.74) is 0.750. The first kappa shape index (κ1) is 15.6. The Morgan fingerprint density at radius 1 is 1.44 bits per heavy atom. The summed E-state index contributed by atoms with van der Waals surface area (Å²) in [6.45, 7) is 3.52. The maximum Gasteiger partial charge on any atom is 0.126 e. The Morgan fingerprint density at radius 3 is 2.89 bits per heavy atom. The smallest absolute Gasteiger partial charge is 0.126 e. The van der Waals surface area contributed by atoms with Gasteiger partial charge in [0.25, 0.3) is 0 Å². The van der Waals surface area contributed by atoms with Gasteiger partial charge in [0.15, 0.2) is 0 Å². The maximum absolute atomic E-state index is 13.6. The summed E-state index contributed by atoms with van der Waals surface area (Å²) in [5.74, 6) is -0.136. The maximum atomic E-state index is 13.6. The molecule has 18 heavy (non-hydrogen) atoms. The zero-order chi connectivity index (χ0) is 13.4. The minimum Gasteiger partial charge on any atom is -0.382 e. The Labute approximate surface area is 117 Å². The first-order chi connectivity index (χ1) is 8.67. The lowest BCUT2D eigenvalue weighted by atomic mass is 10.0. The molecule has 102 valence electrons. The van der Waals surface area contributed by atoms with Crippen molar-refractivity contribution >= 4 is 15.9 Å². The van der Waals surface area contributed by atoms with Gasteiger partial charge in [-0.3, -0.25) is 0 Å². The second-order valence-corrected chi connectivity index (χ2v) is 5.18. The number of hydrogen-bond donors (Lipinski definition) is 1. The Kier molecular flexibility index (Phi) is 7.47. The van der Waals surface area contributed by atoms with Crippen molar-refractivity contribution in [1.29, 1.82) is 0 Å². The van der Waals surface area contributed by atoms with Gasteiger partial charge in [-0.1, -0.05) is 15.9 Å². The topological polar surface area (TPSA) is 21.3 Å². The van der Waals surface area contributed by atoms with Crippen molar-refractivity contribution in [2.45, 2.75) is 32.2 Å². The van der Waals surface area contributed by atoms with Crippen LogP contribution in [0.25, 0.3) is 0 Å². The van der Waals surface area contributed by atoms with Crippen LogP contribution in [0.3, 0.4) is 0 Å². The zero-order valence-electron chi connectivity index (χ0n) is 11.0. The standard InChI is InChI=1S/C14H21BrFNO/c1-3-18-8-4-5-13(17-2)10-11-9-12(15)6-7-14(11)16/h6-7,9,13,17H,3-5,8,10H2,1-2H3. The van der Waals surface area contributed by atoms with E-state index in [1.54, 1.807) is 6.07 Å². The molecular formula is C14H21BrFNO. The number of ether oxygens (including phenoxy) is 1. The summed E-state index contributed by atoms with van der Waals surface area (Å²) in [6, 6.07) is 5.37. The Bertz CT molecular complexity index is 360. The predicted octanol–water partition coefficient (Wildman–Crippen LogP) is 3.54. The van der Waals surface area contributed by atoms with Gasteiger partial charge in [-0.15, -0.1) is 0 Å². The van der Waals surface area contributed by atoms with E-state index in [1.165, 1.54) is 6.07 Å². The van der Waals surface area contributed by atoms with Crippen molar-refractivity contribution in [3.05, 3.63) is 34.1 Å². The van der Waals surface area contributed by atoms with Gasteiger partial charge in [0.05, 0.1) is 0 Å². The highest BCUT2D eigenvalue weighted by molar-refractivity contribution is 9.10. The number of benzene rings is 1. The van der Waals surface area contributed by atoms with Crippen molar-refractivity contribution in [2.24, 2.45) is 0 Å². The third-order valence-electron chi connectivity index (χ3n) is 2.93. The van der Waals surface area contributed by atoms with E-state index >= 15 is 0 Å². The van der Waals surface area contributed by atoms with Crippen LogP contribution in [0.2, 0.25) is 0 Å². The monoisotopic (exact) mass is 317 g/mol. The molecule has 0 amide bonds. The van der Waals surface area contributed by atoms with E-state index in [2.05, 4.69) is 21.2 Å². The normalized spacial score (nSPS) is 12.7. The van der Waals surface area contributed by atoms with Crippen LogP contribution >= 0.6 is 15.9 Å². The van der Waals surface area contributed by atoms with E-state index in [0.29, 0.717) is 6.42 Å². The SMILES string of the molecule is CCOCCCC(Cc1cc(Br)ccc1F)NC. The van der Waals surface area contributed by atoms with Gasteiger partial charge in [-0.05, 0) is 57.0 Å². The van der Waals surface area contributed by atoms with Gasteiger partial charge in [0.1, 0.15) is 5.82 Å². The molecule has 0 saturated carbocycles. The highest BCUT2D eigenvalue weighted by atomic mass is 79.9. The molecule has 0 aromatic heterocycles. The quantitative estimate of drug-likeness (QED) is 0.740. The van der Waals surface area contributed by atoms with E-state index in [1.807, 2.05) is 20.0 Å². The summed E-state index contributed by atoms with van der Waals surface area (Å²) in [5, 5.41) is 3.24. The van der Waals surface area contributed by atoms with E-state index in [9.17, 15) is 4.39 Å². The average Bonchev–Trinajstić information content (AvgIpc) is 2.37. The summed E-state index contributed by atoms with van der Waals surface area (Å²) in [7, 11) is 1.92. The van der Waals surface area contributed by atoms with Gasteiger partial charge in [-0.25, -0.2) is 4.39 Å². The summed E-state index contributed by atoms with van der Waals surface area (Å²) >= 11 is 3.37. The number of nitrogens with one attached hydrogen (secondary N) is 1. The van der Waals surface area contributed by atoms with Crippen LogP contribution in [0, 0.1) is 5.82 Å². The first-order valence-corrected chi connectivity index (χ1v) is 7.15. The molecule has 1 N–H and O–H groups in total. The highest BCUT2D eigenvalue weighted by Gasteiger charge is 2.11. The van der Waals surface area contributed by atoms with Crippen LogP contribution in [0.15, 0.2) is 22.7 Å². The lowest BCUT2D eigenvalue weighted by molar-refractivity contribution is 0.141. The molecule has 1 aromatic carbocycles. The predicted molar refractivity (Wildman–Crippen MR) is 76.4 cm³/mol. The van der Waals surface area contributed by atoms with Gasteiger partial charge < -0.3 is 10.1 Å². The Morgan fingerprint density at radius 2 is 2.22 bits per heavy atom. The molecule has 0 spiro atoms. The molecule has 1 rings (SSSR count). The van der Waals surface area contributed by atoms with E-state index in [4.69, 9.17) is 4.74 Å². The van der Waals surface area contributed by atoms with E-state index < -0.39 is 0 Å². The molecule has 0 saturated heterocycles. The molecule has 0 aliphatic carbocycles. The molecule has 2 nitrogen and oxygen atoms in total. The minimum atomic E-state index is -0.136. The highest BCUT2D eigenvalue weighted by Crippen LogP contribution is 2.18. The summed E-state index contributed by atoms with van der Waals surface area (Å²) in [4.78, 5) is 0. The summed E-state index contributed by atoms with van der Waals surface area (Å²) in [6.07, 6.45) is 2.69. The molecule has 0 bridgehead atoms. The fourth-order valence-corrected chi connectivity index (χ4v) is 2.30. The van der Waals surface area contributed by atoms with Crippen LogP contribution in [0.4, 0.5) is 4.39 Å². The third kappa shape index (κ3) is 5.46. The lowest BCUT2D eigenvalue weighted by Gasteiger charge is -2.16. The molecule has 0 aliphatic heterocycles. The fraction of sp³-hybridized carbons (Fsp3) is 0.571. The van der Waals surface area contributed by atoms with Gasteiger partial charge in [-0.2, -0.15) is 0 Å². The van der Waals surface area contributed by atoms with Crippen LogP contribution in [-0.4, -0.2) is 26.3 Å². The Balaban J connectivity index is 2.48. The lowest BCUT2D eigenvalue weighted by Crippen LogP contribution is -2.28. The third-order valence-corrected chi connectivity index (χ3v) is 3.42. The Hall–Kier alpha value is -0.450. The van der Waals surface area contributed by atoms with Crippen LogP contribution < -0.4 is 5.32 Å². The summed E-state index contributed by atoms with van der Waals surface area (Å²) < 4.78 is 19.9. The molecule has 1 unspecified atom stereocenters. The molecule has 1 aromatic rings. The second kappa shape index (κ2) is 8.62. The fourth-order valence-electron chi connectivity index (χ4n) is 1.89. The second-order valence-electron chi connectivity index (χ2n) is 4.26. The number of likely N-dealkylation sites (N-methyl/N-ethyl adjacent to an activating group) is 1.